The minimum absolute atomic E-state index is 0.116. The van der Waals surface area contributed by atoms with Gasteiger partial charge in [0.1, 0.15) is 10.8 Å². The maximum Gasteiger partial charge on any atom is 0.234 e. The molecule has 0 aliphatic heterocycles. The highest BCUT2D eigenvalue weighted by atomic mass is 32.2. The SMILES string of the molecule is CCC(=O)Nc1ccc(SCC(=O)Nc2ccc(C)c(F)c2)nn1. The smallest absolute Gasteiger partial charge is 0.234 e. The van der Waals surface area contributed by atoms with E-state index in [1.54, 1.807) is 38.1 Å². The number of aromatic nitrogens is 2. The first-order chi connectivity index (χ1) is 11.5. The molecule has 1 aromatic heterocycles. The van der Waals surface area contributed by atoms with Crippen molar-refractivity contribution in [2.45, 2.75) is 25.3 Å². The van der Waals surface area contributed by atoms with Crippen LogP contribution in [0.25, 0.3) is 0 Å². The number of nitrogens with one attached hydrogen (secondary N) is 2. The summed E-state index contributed by atoms with van der Waals surface area (Å²) in [4.78, 5) is 23.1. The van der Waals surface area contributed by atoms with Gasteiger partial charge in [-0.3, -0.25) is 9.59 Å². The van der Waals surface area contributed by atoms with Crippen molar-refractivity contribution in [2.24, 2.45) is 0 Å². The molecule has 0 bridgehead atoms. The predicted molar refractivity (Wildman–Crippen MR) is 91.4 cm³/mol. The van der Waals surface area contributed by atoms with Gasteiger partial charge in [-0.15, -0.1) is 10.2 Å². The molecule has 2 aromatic rings. The van der Waals surface area contributed by atoms with Crippen molar-refractivity contribution in [3.8, 4) is 0 Å². The third kappa shape index (κ3) is 5.31. The fourth-order valence-electron chi connectivity index (χ4n) is 1.70. The second-order valence-electron chi connectivity index (χ2n) is 4.96. The van der Waals surface area contributed by atoms with Crippen LogP contribution in [-0.2, 0) is 9.59 Å². The number of amides is 2. The van der Waals surface area contributed by atoms with E-state index in [-0.39, 0.29) is 23.4 Å². The average Bonchev–Trinajstić information content (AvgIpc) is 2.57. The molecule has 8 heteroatoms. The summed E-state index contributed by atoms with van der Waals surface area (Å²) in [6.07, 6.45) is 0.359. The van der Waals surface area contributed by atoms with Crippen molar-refractivity contribution in [2.75, 3.05) is 16.4 Å². The van der Waals surface area contributed by atoms with E-state index in [9.17, 15) is 14.0 Å². The Balaban J connectivity index is 1.85. The van der Waals surface area contributed by atoms with Gasteiger partial charge in [0, 0.05) is 12.1 Å². The zero-order valence-electron chi connectivity index (χ0n) is 13.3. The summed E-state index contributed by atoms with van der Waals surface area (Å²) in [7, 11) is 0. The molecule has 24 heavy (non-hydrogen) atoms. The normalized spacial score (nSPS) is 10.3. The number of carbonyl (C=O) groups excluding carboxylic acids is 2. The summed E-state index contributed by atoms with van der Waals surface area (Å²) in [6.45, 7) is 3.40. The Morgan fingerprint density at radius 1 is 1.12 bits per heavy atom. The first kappa shape index (κ1) is 17.9. The lowest BCUT2D eigenvalue weighted by atomic mass is 10.2. The molecule has 0 aliphatic carbocycles. The Morgan fingerprint density at radius 3 is 2.54 bits per heavy atom. The predicted octanol–water partition coefficient (Wildman–Crippen LogP) is 3.00. The number of hydrogen-bond donors (Lipinski definition) is 2. The summed E-state index contributed by atoms with van der Waals surface area (Å²) in [5.41, 5.74) is 0.931. The fraction of sp³-hybridized carbons (Fsp3) is 0.250. The highest BCUT2D eigenvalue weighted by molar-refractivity contribution is 7.99. The van der Waals surface area contributed by atoms with E-state index < -0.39 is 0 Å². The second kappa shape index (κ2) is 8.39. The first-order valence-corrected chi connectivity index (χ1v) is 8.29. The second-order valence-corrected chi connectivity index (χ2v) is 5.95. The summed E-state index contributed by atoms with van der Waals surface area (Å²) in [5.74, 6) is -0.296. The molecule has 2 rings (SSSR count). The maximum atomic E-state index is 13.4. The van der Waals surface area contributed by atoms with Crippen molar-refractivity contribution >= 4 is 35.1 Å². The quantitative estimate of drug-likeness (QED) is 0.784. The van der Waals surface area contributed by atoms with Crippen LogP contribution in [0.1, 0.15) is 18.9 Å². The number of aryl methyl sites for hydroxylation is 1. The number of benzene rings is 1. The molecule has 1 heterocycles. The Hall–Kier alpha value is -2.48. The Labute approximate surface area is 143 Å². The number of anilines is 2. The molecule has 126 valence electrons. The maximum absolute atomic E-state index is 13.4. The molecule has 0 unspecified atom stereocenters. The number of carbonyl (C=O) groups is 2. The van der Waals surface area contributed by atoms with Gasteiger partial charge < -0.3 is 10.6 Å². The summed E-state index contributed by atoms with van der Waals surface area (Å²) < 4.78 is 13.4. The van der Waals surface area contributed by atoms with E-state index in [0.717, 1.165) is 0 Å². The van der Waals surface area contributed by atoms with Gasteiger partial charge in [-0.25, -0.2) is 4.39 Å². The van der Waals surface area contributed by atoms with Crippen molar-refractivity contribution in [1.82, 2.24) is 10.2 Å². The summed E-state index contributed by atoms with van der Waals surface area (Å²) in [6, 6.07) is 7.82. The van der Waals surface area contributed by atoms with Crippen LogP contribution in [0.2, 0.25) is 0 Å². The molecular weight excluding hydrogens is 331 g/mol. The average molecular weight is 348 g/mol. The number of halogens is 1. The third-order valence-corrected chi connectivity index (χ3v) is 3.96. The molecule has 0 spiro atoms. The minimum atomic E-state index is -0.365. The third-order valence-electron chi connectivity index (χ3n) is 3.04. The van der Waals surface area contributed by atoms with Crippen molar-refractivity contribution in [1.29, 1.82) is 0 Å². The summed E-state index contributed by atoms with van der Waals surface area (Å²) >= 11 is 1.20. The molecule has 0 radical (unpaired) electrons. The molecule has 0 atom stereocenters. The number of hydrogen-bond acceptors (Lipinski definition) is 5. The number of nitrogens with zero attached hydrogens (tertiary/aromatic N) is 2. The van der Waals surface area contributed by atoms with Gasteiger partial charge in [0.25, 0.3) is 0 Å². The molecule has 2 amide bonds. The lowest BCUT2D eigenvalue weighted by Crippen LogP contribution is -2.14. The minimum Gasteiger partial charge on any atom is -0.325 e. The van der Waals surface area contributed by atoms with Gasteiger partial charge >= 0.3 is 0 Å². The van der Waals surface area contributed by atoms with E-state index >= 15 is 0 Å². The van der Waals surface area contributed by atoms with Gasteiger partial charge in [-0.2, -0.15) is 0 Å². The van der Waals surface area contributed by atoms with E-state index in [2.05, 4.69) is 20.8 Å². The van der Waals surface area contributed by atoms with Crippen molar-refractivity contribution < 1.29 is 14.0 Å². The van der Waals surface area contributed by atoms with E-state index in [4.69, 9.17) is 0 Å². The Kier molecular flexibility index (Phi) is 6.25. The van der Waals surface area contributed by atoms with Crippen LogP contribution >= 0.6 is 11.8 Å². The van der Waals surface area contributed by atoms with Crippen molar-refractivity contribution in [3.05, 3.63) is 41.7 Å². The first-order valence-electron chi connectivity index (χ1n) is 7.30. The van der Waals surface area contributed by atoms with Gasteiger partial charge in [0.15, 0.2) is 5.82 Å². The molecule has 2 N–H and O–H groups in total. The topological polar surface area (TPSA) is 84.0 Å². The van der Waals surface area contributed by atoms with Gasteiger partial charge in [-0.1, -0.05) is 24.8 Å². The lowest BCUT2D eigenvalue weighted by Gasteiger charge is -2.06. The summed E-state index contributed by atoms with van der Waals surface area (Å²) in [5, 5.41) is 13.6. The Bertz CT molecular complexity index is 737. The molecular formula is C16H17FN4O2S. The van der Waals surface area contributed by atoms with Gasteiger partial charge in [0.2, 0.25) is 11.8 Å². The molecule has 0 aliphatic rings. The molecule has 6 nitrogen and oxygen atoms in total. The molecule has 0 saturated carbocycles. The van der Waals surface area contributed by atoms with E-state index in [1.165, 1.54) is 17.8 Å². The van der Waals surface area contributed by atoms with Crippen LogP contribution in [0.3, 0.4) is 0 Å². The van der Waals surface area contributed by atoms with Crippen LogP contribution < -0.4 is 10.6 Å². The van der Waals surface area contributed by atoms with Crippen LogP contribution in [0.5, 0.6) is 0 Å². The van der Waals surface area contributed by atoms with Crippen LogP contribution in [0.4, 0.5) is 15.9 Å². The number of rotatable bonds is 6. The lowest BCUT2D eigenvalue weighted by molar-refractivity contribution is -0.116. The number of thioether (sulfide) groups is 1. The zero-order valence-corrected chi connectivity index (χ0v) is 14.1. The highest BCUT2D eigenvalue weighted by Gasteiger charge is 2.07. The largest absolute Gasteiger partial charge is 0.325 e. The van der Waals surface area contributed by atoms with Gasteiger partial charge in [-0.05, 0) is 36.8 Å². The monoisotopic (exact) mass is 348 g/mol. The fourth-order valence-corrected chi connectivity index (χ4v) is 2.32. The van der Waals surface area contributed by atoms with Gasteiger partial charge in [0.05, 0.1) is 5.75 Å². The molecule has 1 aromatic carbocycles. The van der Waals surface area contributed by atoms with E-state index in [1.807, 2.05) is 0 Å². The Morgan fingerprint density at radius 2 is 1.92 bits per heavy atom. The molecule has 0 fully saturated rings. The highest BCUT2D eigenvalue weighted by Crippen LogP contribution is 2.17. The van der Waals surface area contributed by atoms with Crippen LogP contribution in [-0.4, -0.2) is 27.8 Å². The zero-order chi connectivity index (χ0) is 17.5. The van der Waals surface area contributed by atoms with Crippen LogP contribution in [0, 0.1) is 12.7 Å². The molecule has 0 saturated heterocycles. The van der Waals surface area contributed by atoms with Crippen LogP contribution in [0.15, 0.2) is 35.4 Å². The van der Waals surface area contributed by atoms with Crippen molar-refractivity contribution in [3.63, 3.8) is 0 Å². The van der Waals surface area contributed by atoms with E-state index in [0.29, 0.717) is 28.5 Å². The standard InChI is InChI=1S/C16H17FN4O2S/c1-3-14(22)19-13-6-7-16(21-20-13)24-9-15(23)18-11-5-4-10(2)12(17)8-11/h4-8H,3,9H2,1-2H3,(H,18,23)(H,19,20,22).